The Kier molecular flexibility index (Phi) is 3.24. The Morgan fingerprint density at radius 1 is 1.31 bits per heavy atom. The molecule has 5 heteroatoms. The van der Waals surface area contributed by atoms with Crippen LogP contribution < -0.4 is 5.32 Å². The topological polar surface area (TPSA) is 42.7 Å². The zero-order chi connectivity index (χ0) is 11.5. The number of aryl methyl sites for hydroxylation is 4. The first kappa shape index (κ1) is 11.1. The minimum atomic E-state index is 0.921. The van der Waals surface area contributed by atoms with Gasteiger partial charge in [-0.05, 0) is 13.8 Å². The van der Waals surface area contributed by atoms with E-state index in [4.69, 9.17) is 0 Å². The zero-order valence-electron chi connectivity index (χ0n) is 9.82. The van der Waals surface area contributed by atoms with Crippen molar-refractivity contribution < 1.29 is 0 Å². The maximum absolute atomic E-state index is 4.45. The summed E-state index contributed by atoms with van der Waals surface area (Å²) in [6.45, 7) is 4.95. The Balaban J connectivity index is 2.04. The molecule has 0 radical (unpaired) electrons. The highest BCUT2D eigenvalue weighted by Crippen LogP contribution is 2.13. The summed E-state index contributed by atoms with van der Waals surface area (Å²) >= 11 is 1.72. The fourth-order valence-electron chi connectivity index (χ4n) is 1.65. The predicted octanol–water partition coefficient (Wildman–Crippen LogP) is 2.24. The first-order valence-electron chi connectivity index (χ1n) is 5.31. The highest BCUT2D eigenvalue weighted by atomic mass is 32.1. The number of rotatable bonds is 4. The second-order valence-electron chi connectivity index (χ2n) is 3.78. The van der Waals surface area contributed by atoms with Crippen molar-refractivity contribution in [1.29, 1.82) is 0 Å². The maximum atomic E-state index is 4.45. The van der Waals surface area contributed by atoms with E-state index in [-0.39, 0.29) is 0 Å². The highest BCUT2D eigenvalue weighted by molar-refractivity contribution is 7.09. The van der Waals surface area contributed by atoms with Crippen molar-refractivity contribution in [3.63, 3.8) is 0 Å². The zero-order valence-corrected chi connectivity index (χ0v) is 10.6. The summed E-state index contributed by atoms with van der Waals surface area (Å²) in [5, 5.41) is 6.37. The summed E-state index contributed by atoms with van der Waals surface area (Å²) in [5.41, 5.74) is 2.15. The van der Waals surface area contributed by atoms with E-state index in [2.05, 4.69) is 31.4 Å². The van der Waals surface area contributed by atoms with Gasteiger partial charge in [-0.1, -0.05) is 0 Å². The van der Waals surface area contributed by atoms with Gasteiger partial charge in [0.2, 0.25) is 5.95 Å². The third kappa shape index (κ3) is 2.41. The average molecular weight is 236 g/mol. The number of aromatic nitrogens is 3. The Bertz CT molecular complexity index is 472. The van der Waals surface area contributed by atoms with Crippen LogP contribution in [0.5, 0.6) is 0 Å². The molecule has 0 aliphatic heterocycles. The Labute approximate surface area is 99.4 Å². The molecule has 4 nitrogen and oxygen atoms in total. The van der Waals surface area contributed by atoms with E-state index in [0.29, 0.717) is 0 Å². The number of imidazole rings is 1. The SMILES string of the molecule is CNc1nc(C)cn1CCc1nc(C)cs1. The lowest BCUT2D eigenvalue weighted by atomic mass is 10.4. The lowest BCUT2D eigenvalue weighted by Gasteiger charge is -2.04. The number of hydrogen-bond donors (Lipinski definition) is 1. The van der Waals surface area contributed by atoms with Crippen molar-refractivity contribution in [2.24, 2.45) is 0 Å². The molecule has 0 saturated heterocycles. The van der Waals surface area contributed by atoms with Gasteiger partial charge < -0.3 is 9.88 Å². The van der Waals surface area contributed by atoms with Gasteiger partial charge in [0, 0.05) is 37.3 Å². The summed E-state index contributed by atoms with van der Waals surface area (Å²) in [5.74, 6) is 0.922. The molecule has 0 aromatic carbocycles. The standard InChI is InChI=1S/C11H16N4S/c1-8-6-15(11(12-3)14-8)5-4-10-13-9(2)7-16-10/h6-7H,4-5H2,1-3H3,(H,12,14). The molecule has 1 N–H and O–H groups in total. The Hall–Kier alpha value is -1.36. The molecule has 2 rings (SSSR count). The molecule has 0 saturated carbocycles. The van der Waals surface area contributed by atoms with Crippen LogP contribution in [0.1, 0.15) is 16.4 Å². The molecule has 0 aliphatic carbocycles. The molecule has 0 atom stereocenters. The van der Waals surface area contributed by atoms with E-state index in [1.54, 1.807) is 11.3 Å². The summed E-state index contributed by atoms with van der Waals surface area (Å²) in [4.78, 5) is 8.83. The van der Waals surface area contributed by atoms with Crippen LogP contribution in [0.4, 0.5) is 5.95 Å². The molecule has 2 aromatic heterocycles. The molecular formula is C11H16N4S. The van der Waals surface area contributed by atoms with Crippen LogP contribution in [-0.4, -0.2) is 21.6 Å². The predicted molar refractivity (Wildman–Crippen MR) is 67.1 cm³/mol. The van der Waals surface area contributed by atoms with Crippen molar-refractivity contribution in [2.75, 3.05) is 12.4 Å². The lowest BCUT2D eigenvalue weighted by Crippen LogP contribution is -2.05. The van der Waals surface area contributed by atoms with Crippen LogP contribution in [0.15, 0.2) is 11.6 Å². The molecular weight excluding hydrogens is 220 g/mol. The van der Waals surface area contributed by atoms with E-state index in [0.717, 1.165) is 30.3 Å². The Morgan fingerprint density at radius 3 is 2.75 bits per heavy atom. The molecule has 2 aromatic rings. The second kappa shape index (κ2) is 4.65. The molecule has 0 spiro atoms. The van der Waals surface area contributed by atoms with Crippen molar-refractivity contribution >= 4 is 17.3 Å². The summed E-state index contributed by atoms with van der Waals surface area (Å²) < 4.78 is 2.13. The van der Waals surface area contributed by atoms with Crippen LogP contribution in [-0.2, 0) is 13.0 Å². The number of nitrogens with zero attached hydrogens (tertiary/aromatic N) is 3. The van der Waals surface area contributed by atoms with Crippen molar-refractivity contribution in [3.8, 4) is 0 Å². The van der Waals surface area contributed by atoms with Gasteiger partial charge >= 0.3 is 0 Å². The largest absolute Gasteiger partial charge is 0.359 e. The quantitative estimate of drug-likeness (QED) is 0.885. The highest BCUT2D eigenvalue weighted by Gasteiger charge is 2.05. The van der Waals surface area contributed by atoms with Gasteiger partial charge in [0.1, 0.15) is 0 Å². The van der Waals surface area contributed by atoms with Crippen LogP contribution in [0, 0.1) is 13.8 Å². The van der Waals surface area contributed by atoms with Crippen LogP contribution in [0.2, 0.25) is 0 Å². The fraction of sp³-hybridized carbons (Fsp3) is 0.455. The number of thiazole rings is 1. The van der Waals surface area contributed by atoms with E-state index < -0.39 is 0 Å². The van der Waals surface area contributed by atoms with Crippen molar-refractivity contribution in [1.82, 2.24) is 14.5 Å². The molecule has 0 unspecified atom stereocenters. The number of hydrogen-bond acceptors (Lipinski definition) is 4. The summed E-state index contributed by atoms with van der Waals surface area (Å²) in [6.07, 6.45) is 3.02. The smallest absolute Gasteiger partial charge is 0.202 e. The van der Waals surface area contributed by atoms with Crippen molar-refractivity contribution in [3.05, 3.63) is 28.0 Å². The van der Waals surface area contributed by atoms with Crippen molar-refractivity contribution in [2.45, 2.75) is 26.8 Å². The number of nitrogens with one attached hydrogen (secondary N) is 1. The minimum absolute atomic E-state index is 0.921. The Morgan fingerprint density at radius 2 is 2.12 bits per heavy atom. The van der Waals surface area contributed by atoms with Gasteiger partial charge in [0.05, 0.1) is 10.7 Å². The molecule has 16 heavy (non-hydrogen) atoms. The summed E-state index contributed by atoms with van der Waals surface area (Å²) in [7, 11) is 1.89. The van der Waals surface area contributed by atoms with Gasteiger partial charge in [-0.25, -0.2) is 9.97 Å². The van der Waals surface area contributed by atoms with Gasteiger partial charge in [-0.3, -0.25) is 0 Å². The number of anilines is 1. The fourth-order valence-corrected chi connectivity index (χ4v) is 2.42. The second-order valence-corrected chi connectivity index (χ2v) is 4.72. The first-order valence-corrected chi connectivity index (χ1v) is 6.19. The lowest BCUT2D eigenvalue weighted by molar-refractivity contribution is 0.698. The monoisotopic (exact) mass is 236 g/mol. The van der Waals surface area contributed by atoms with E-state index in [1.807, 2.05) is 20.9 Å². The third-order valence-corrected chi connectivity index (χ3v) is 3.38. The molecule has 2 heterocycles. The maximum Gasteiger partial charge on any atom is 0.202 e. The van der Waals surface area contributed by atoms with Gasteiger partial charge in [0.25, 0.3) is 0 Å². The first-order chi connectivity index (χ1) is 7.69. The van der Waals surface area contributed by atoms with E-state index in [1.165, 1.54) is 5.01 Å². The van der Waals surface area contributed by atoms with E-state index in [9.17, 15) is 0 Å². The molecule has 86 valence electrons. The summed E-state index contributed by atoms with van der Waals surface area (Å²) in [6, 6.07) is 0. The van der Waals surface area contributed by atoms with Crippen LogP contribution in [0.25, 0.3) is 0 Å². The molecule has 0 bridgehead atoms. The minimum Gasteiger partial charge on any atom is -0.359 e. The third-order valence-electron chi connectivity index (χ3n) is 2.35. The van der Waals surface area contributed by atoms with Crippen LogP contribution >= 0.6 is 11.3 Å². The average Bonchev–Trinajstić information content (AvgIpc) is 2.81. The molecule has 0 aliphatic rings. The normalized spacial score (nSPS) is 10.7. The van der Waals surface area contributed by atoms with Gasteiger partial charge in [-0.2, -0.15) is 0 Å². The van der Waals surface area contributed by atoms with Gasteiger partial charge in [0.15, 0.2) is 0 Å². The molecule has 0 amide bonds. The van der Waals surface area contributed by atoms with Crippen LogP contribution in [0.3, 0.4) is 0 Å². The van der Waals surface area contributed by atoms with Gasteiger partial charge in [-0.15, -0.1) is 11.3 Å². The van der Waals surface area contributed by atoms with E-state index >= 15 is 0 Å². The molecule has 0 fully saturated rings.